The Balaban J connectivity index is 2.12. The summed E-state index contributed by atoms with van der Waals surface area (Å²) in [6.07, 6.45) is 0.354. The second-order valence-corrected chi connectivity index (χ2v) is 10.6. The van der Waals surface area contributed by atoms with Crippen LogP contribution < -0.4 is 0 Å². The number of aliphatic hydroxyl groups is 2. The zero-order valence-electron chi connectivity index (χ0n) is 17.5. The van der Waals surface area contributed by atoms with E-state index in [4.69, 9.17) is 27.9 Å². The first-order chi connectivity index (χ1) is 14.6. The number of hydrogen-bond donors (Lipinski definition) is 2. The second kappa shape index (κ2) is 9.51. The van der Waals surface area contributed by atoms with Crippen LogP contribution in [0, 0.1) is 5.92 Å². The zero-order chi connectivity index (χ0) is 23.0. The number of halogens is 2. The number of nitrogens with zero attached hydrogens (tertiary/aromatic N) is 2. The van der Waals surface area contributed by atoms with Crippen LogP contribution in [0.1, 0.15) is 33.1 Å². The highest BCUT2D eigenvalue weighted by Gasteiger charge is 2.71. The Labute approximate surface area is 192 Å². The highest BCUT2D eigenvalue weighted by Crippen LogP contribution is 2.57. The van der Waals surface area contributed by atoms with E-state index in [9.17, 15) is 23.4 Å². The molecule has 11 heteroatoms. The molecule has 174 valence electrons. The Bertz CT molecular complexity index is 910. The molecule has 2 N–H and O–H groups in total. The van der Waals surface area contributed by atoms with Gasteiger partial charge in [-0.1, -0.05) is 23.2 Å². The average molecular weight is 495 g/mol. The number of ether oxygens (including phenoxy) is 1. The molecule has 2 aliphatic rings. The number of benzene rings is 1. The molecule has 0 radical (unpaired) electrons. The molecule has 1 saturated carbocycles. The minimum atomic E-state index is -4.11. The average Bonchev–Trinajstić information content (AvgIpc) is 2.70. The summed E-state index contributed by atoms with van der Waals surface area (Å²) in [5.74, 6) is -0.958. The second-order valence-electron chi connectivity index (χ2n) is 7.89. The monoisotopic (exact) mass is 494 g/mol. The van der Waals surface area contributed by atoms with Crippen LogP contribution in [-0.4, -0.2) is 77.9 Å². The largest absolute Gasteiger partial charge is 0.394 e. The van der Waals surface area contributed by atoms with E-state index in [0.717, 1.165) is 0 Å². The van der Waals surface area contributed by atoms with Gasteiger partial charge in [-0.25, -0.2) is 8.42 Å². The molecule has 1 saturated heterocycles. The summed E-state index contributed by atoms with van der Waals surface area (Å²) in [7, 11) is -4.11. The van der Waals surface area contributed by atoms with Gasteiger partial charge >= 0.3 is 0 Å². The van der Waals surface area contributed by atoms with Gasteiger partial charge in [0.05, 0.1) is 24.2 Å². The Kier molecular flexibility index (Phi) is 7.57. The predicted octanol–water partition coefficient (Wildman–Crippen LogP) is 2.10. The summed E-state index contributed by atoms with van der Waals surface area (Å²) in [5, 5.41) is 20.6. The molecule has 1 heterocycles. The van der Waals surface area contributed by atoms with Gasteiger partial charge in [-0.3, -0.25) is 4.79 Å². The molecule has 1 aliphatic carbocycles. The molecule has 31 heavy (non-hydrogen) atoms. The fourth-order valence-corrected chi connectivity index (χ4v) is 7.92. The molecule has 4 atom stereocenters. The molecule has 0 aromatic heterocycles. The van der Waals surface area contributed by atoms with Crippen molar-refractivity contribution in [1.29, 1.82) is 0 Å². The van der Waals surface area contributed by atoms with Gasteiger partial charge in [-0.05, 0) is 44.4 Å². The summed E-state index contributed by atoms with van der Waals surface area (Å²) in [6, 6.07) is 3.52. The maximum Gasteiger partial charge on any atom is 0.245 e. The smallest absolute Gasteiger partial charge is 0.245 e. The molecule has 3 rings (SSSR count). The van der Waals surface area contributed by atoms with E-state index in [1.807, 2.05) is 6.92 Å². The van der Waals surface area contributed by atoms with Gasteiger partial charge in [0.15, 0.2) is 0 Å². The number of sulfonamides is 1. The van der Waals surface area contributed by atoms with Crippen LogP contribution in [0.2, 0.25) is 10.0 Å². The third kappa shape index (κ3) is 4.21. The summed E-state index contributed by atoms with van der Waals surface area (Å²) in [5.41, 5.74) is -1.30. The molecule has 2 unspecified atom stereocenters. The van der Waals surface area contributed by atoms with E-state index in [-0.39, 0.29) is 34.0 Å². The van der Waals surface area contributed by atoms with Gasteiger partial charge in [0, 0.05) is 42.1 Å². The number of rotatable bonds is 9. The highest BCUT2D eigenvalue weighted by atomic mass is 35.5. The van der Waals surface area contributed by atoms with Gasteiger partial charge in [-0.15, -0.1) is 0 Å². The van der Waals surface area contributed by atoms with Gasteiger partial charge in [0.2, 0.25) is 15.9 Å². The Morgan fingerprint density at radius 1 is 1.35 bits per heavy atom. The van der Waals surface area contributed by atoms with Gasteiger partial charge in [-0.2, -0.15) is 4.31 Å². The summed E-state index contributed by atoms with van der Waals surface area (Å²) >= 11 is 12.1. The van der Waals surface area contributed by atoms with Crippen molar-refractivity contribution in [2.24, 2.45) is 5.92 Å². The molecule has 1 amide bonds. The quantitative estimate of drug-likeness (QED) is 0.509. The molecular weight excluding hydrogens is 467 g/mol. The molecule has 2 fully saturated rings. The molecule has 8 nitrogen and oxygen atoms in total. The van der Waals surface area contributed by atoms with Gasteiger partial charge in [0.1, 0.15) is 5.66 Å². The summed E-state index contributed by atoms with van der Waals surface area (Å²) < 4.78 is 34.2. The first-order valence-electron chi connectivity index (χ1n) is 10.3. The van der Waals surface area contributed by atoms with Crippen molar-refractivity contribution < 1.29 is 28.2 Å². The van der Waals surface area contributed by atoms with Crippen molar-refractivity contribution in [1.82, 2.24) is 9.21 Å². The van der Waals surface area contributed by atoms with Crippen LogP contribution in [0.4, 0.5) is 0 Å². The highest BCUT2D eigenvalue weighted by molar-refractivity contribution is 7.89. The first-order valence-corrected chi connectivity index (χ1v) is 12.5. The summed E-state index contributed by atoms with van der Waals surface area (Å²) in [6.45, 7) is 3.50. The number of aliphatic hydroxyl groups excluding tert-OH is 2. The van der Waals surface area contributed by atoms with Crippen molar-refractivity contribution in [2.45, 2.75) is 55.8 Å². The molecular formula is C20H28Cl2N2O6S. The van der Waals surface area contributed by atoms with Crippen molar-refractivity contribution in [3.05, 3.63) is 28.2 Å². The maximum absolute atomic E-state index is 13.7. The first kappa shape index (κ1) is 24.7. The number of carbonyl (C=O) groups excluding carboxylic acids is 1. The number of amides is 1. The van der Waals surface area contributed by atoms with Crippen LogP contribution in [-0.2, 0) is 19.6 Å². The summed E-state index contributed by atoms with van der Waals surface area (Å²) in [4.78, 5) is 14.1. The minimum Gasteiger partial charge on any atom is -0.394 e. The number of piperidine rings is 1. The van der Waals surface area contributed by atoms with Crippen molar-refractivity contribution in [2.75, 3.05) is 26.4 Å². The lowest BCUT2D eigenvalue weighted by atomic mass is 9.63. The van der Waals surface area contributed by atoms with Crippen molar-refractivity contribution in [3.8, 4) is 0 Å². The standard InChI is InChI=1S/C20H28Cl2N2O6S/c1-3-30-8-7-23(13(2)26)20-6-4-5-17(19(20)18(27)12-25)24(20)31(28,29)16-10-14(21)9-15(22)11-16/h9-11,17-19,25,27H,3-8,12H2,1-2H3/t17-,18?,19-,20?/m0/s1. The molecule has 1 aromatic rings. The van der Waals surface area contributed by atoms with E-state index < -0.39 is 40.4 Å². The SMILES string of the molecule is CCOCCN(C(C)=O)C12CCC[C@@H]([C@H]1C(O)CO)N2S(=O)(=O)c1cc(Cl)cc(Cl)c1. The van der Waals surface area contributed by atoms with Gasteiger partial charge < -0.3 is 19.8 Å². The van der Waals surface area contributed by atoms with Crippen LogP contribution in [0.3, 0.4) is 0 Å². The lowest BCUT2D eigenvalue weighted by Crippen LogP contribution is -2.85. The van der Waals surface area contributed by atoms with Gasteiger partial charge in [0.25, 0.3) is 0 Å². The Morgan fingerprint density at radius 3 is 2.55 bits per heavy atom. The molecule has 2 bridgehead atoms. The van der Waals surface area contributed by atoms with E-state index in [0.29, 0.717) is 25.9 Å². The van der Waals surface area contributed by atoms with E-state index in [2.05, 4.69) is 0 Å². The fourth-order valence-electron chi connectivity index (χ4n) is 5.16. The lowest BCUT2D eigenvalue weighted by Gasteiger charge is -2.69. The molecule has 1 aliphatic heterocycles. The zero-order valence-corrected chi connectivity index (χ0v) is 19.8. The lowest BCUT2D eigenvalue weighted by molar-refractivity contribution is -0.238. The van der Waals surface area contributed by atoms with Crippen LogP contribution in [0.5, 0.6) is 0 Å². The van der Waals surface area contributed by atoms with Crippen LogP contribution in [0.25, 0.3) is 0 Å². The third-order valence-electron chi connectivity index (χ3n) is 6.18. The fraction of sp³-hybridized carbons (Fsp3) is 0.650. The maximum atomic E-state index is 13.7. The topological polar surface area (TPSA) is 107 Å². The third-order valence-corrected chi connectivity index (χ3v) is 8.55. The van der Waals surface area contributed by atoms with E-state index >= 15 is 0 Å². The van der Waals surface area contributed by atoms with Crippen molar-refractivity contribution in [3.63, 3.8) is 0 Å². The van der Waals surface area contributed by atoms with Crippen LogP contribution >= 0.6 is 23.2 Å². The van der Waals surface area contributed by atoms with Crippen LogP contribution in [0.15, 0.2) is 23.1 Å². The predicted molar refractivity (Wildman–Crippen MR) is 116 cm³/mol. The normalized spacial score (nSPS) is 26.9. The molecule has 1 aromatic carbocycles. The van der Waals surface area contributed by atoms with E-state index in [1.54, 1.807) is 0 Å². The Hall–Kier alpha value is -0.940. The minimum absolute atomic E-state index is 0.0773. The molecule has 0 spiro atoms. The number of carbonyl (C=O) groups is 1. The Morgan fingerprint density at radius 2 is 2.00 bits per heavy atom. The number of fused-ring (bicyclic) bond motifs is 2. The van der Waals surface area contributed by atoms with E-state index in [1.165, 1.54) is 34.3 Å². The van der Waals surface area contributed by atoms with Crippen molar-refractivity contribution >= 4 is 39.1 Å². The number of hydrogen-bond acceptors (Lipinski definition) is 6.